The van der Waals surface area contributed by atoms with E-state index in [1.807, 2.05) is 35.8 Å². The van der Waals surface area contributed by atoms with Gasteiger partial charge in [-0.2, -0.15) is 5.26 Å². The molecule has 0 N–H and O–H groups in total. The summed E-state index contributed by atoms with van der Waals surface area (Å²) in [6.45, 7) is 4.74. The van der Waals surface area contributed by atoms with Gasteiger partial charge >= 0.3 is 0 Å². The molecule has 92 valence electrons. The van der Waals surface area contributed by atoms with Crippen molar-refractivity contribution in [3.05, 3.63) is 57.9 Å². The molecule has 0 bridgehead atoms. The molecule has 0 amide bonds. The molecule has 0 saturated heterocycles. The van der Waals surface area contributed by atoms with Gasteiger partial charge in [0.2, 0.25) is 0 Å². The second-order valence-corrected chi connectivity index (χ2v) is 4.71. The van der Waals surface area contributed by atoms with E-state index in [2.05, 4.69) is 19.1 Å². The number of nitriles is 1. The zero-order valence-corrected chi connectivity index (χ0v) is 11.3. The summed E-state index contributed by atoms with van der Waals surface area (Å²) in [6, 6.07) is 12.1. The molecular weight excluding hydrogens is 244 g/mol. The molecule has 1 aromatic heterocycles. The van der Waals surface area contributed by atoms with Gasteiger partial charge in [0, 0.05) is 17.3 Å². The van der Waals surface area contributed by atoms with Crippen LogP contribution in [0.4, 0.5) is 0 Å². The van der Waals surface area contributed by atoms with E-state index in [0.29, 0.717) is 6.54 Å². The van der Waals surface area contributed by atoms with Gasteiger partial charge in [0.05, 0.1) is 0 Å². The summed E-state index contributed by atoms with van der Waals surface area (Å²) in [6.07, 6.45) is 0.874. The van der Waals surface area contributed by atoms with Crippen LogP contribution in [0.1, 0.15) is 29.4 Å². The monoisotopic (exact) mass is 258 g/mol. The highest BCUT2D eigenvalue weighted by Gasteiger charge is 2.12. The van der Waals surface area contributed by atoms with Crippen LogP contribution in [0.2, 0.25) is 5.02 Å². The molecule has 0 radical (unpaired) electrons. The molecule has 0 fully saturated rings. The Morgan fingerprint density at radius 1 is 1.28 bits per heavy atom. The van der Waals surface area contributed by atoms with Crippen LogP contribution in [0, 0.1) is 18.3 Å². The Balaban J connectivity index is 2.44. The standard InChI is InChI=1S/C15H15ClN2/c1-3-12-8-11(2)18(15(12)9-17)10-13-6-4-5-7-14(13)16/h4-8H,3,10H2,1-2H3. The van der Waals surface area contributed by atoms with E-state index in [0.717, 1.165) is 34.0 Å². The van der Waals surface area contributed by atoms with Gasteiger partial charge in [0.15, 0.2) is 0 Å². The van der Waals surface area contributed by atoms with E-state index in [1.54, 1.807) is 0 Å². The summed E-state index contributed by atoms with van der Waals surface area (Å²) in [5.74, 6) is 0. The Kier molecular flexibility index (Phi) is 3.74. The van der Waals surface area contributed by atoms with E-state index in [-0.39, 0.29) is 0 Å². The van der Waals surface area contributed by atoms with Crippen LogP contribution in [0.5, 0.6) is 0 Å². The minimum absolute atomic E-state index is 0.647. The van der Waals surface area contributed by atoms with Gasteiger partial charge in [-0.25, -0.2) is 0 Å². The van der Waals surface area contributed by atoms with E-state index >= 15 is 0 Å². The van der Waals surface area contributed by atoms with Gasteiger partial charge in [-0.15, -0.1) is 0 Å². The summed E-state index contributed by atoms with van der Waals surface area (Å²) >= 11 is 6.17. The normalized spacial score (nSPS) is 10.3. The Labute approximate surface area is 112 Å². The van der Waals surface area contributed by atoms with Crippen molar-refractivity contribution < 1.29 is 0 Å². The third-order valence-electron chi connectivity index (χ3n) is 3.16. The highest BCUT2D eigenvalue weighted by Crippen LogP contribution is 2.21. The zero-order valence-electron chi connectivity index (χ0n) is 10.6. The third-order valence-corrected chi connectivity index (χ3v) is 3.52. The van der Waals surface area contributed by atoms with Gasteiger partial charge in [-0.05, 0) is 36.6 Å². The SMILES string of the molecule is CCc1cc(C)n(Cc2ccccc2Cl)c1C#N. The summed E-state index contributed by atoms with van der Waals surface area (Å²) in [7, 11) is 0. The van der Waals surface area contributed by atoms with E-state index in [9.17, 15) is 5.26 Å². The minimum Gasteiger partial charge on any atom is -0.332 e. The lowest BCUT2D eigenvalue weighted by Crippen LogP contribution is -2.05. The Bertz CT molecular complexity index is 605. The maximum absolute atomic E-state index is 9.29. The molecule has 0 unspecified atom stereocenters. The van der Waals surface area contributed by atoms with Crippen LogP contribution >= 0.6 is 11.6 Å². The average Bonchev–Trinajstić information content (AvgIpc) is 2.68. The predicted molar refractivity (Wildman–Crippen MR) is 73.8 cm³/mol. The lowest BCUT2D eigenvalue weighted by Gasteiger charge is -2.09. The number of aryl methyl sites for hydroxylation is 2. The number of nitrogens with zero attached hydrogens (tertiary/aromatic N) is 2. The fraction of sp³-hybridized carbons (Fsp3) is 0.267. The van der Waals surface area contributed by atoms with Gasteiger partial charge < -0.3 is 4.57 Å². The van der Waals surface area contributed by atoms with E-state index in [4.69, 9.17) is 11.6 Å². The maximum Gasteiger partial charge on any atom is 0.123 e. The zero-order chi connectivity index (χ0) is 13.1. The van der Waals surface area contributed by atoms with Crippen LogP contribution in [0.3, 0.4) is 0 Å². The summed E-state index contributed by atoms with van der Waals surface area (Å²) in [4.78, 5) is 0. The fourth-order valence-electron chi connectivity index (χ4n) is 2.15. The fourth-order valence-corrected chi connectivity index (χ4v) is 2.35. The van der Waals surface area contributed by atoms with Crippen molar-refractivity contribution in [1.82, 2.24) is 4.57 Å². The molecule has 0 aliphatic carbocycles. The van der Waals surface area contributed by atoms with Crippen molar-refractivity contribution in [2.45, 2.75) is 26.8 Å². The third kappa shape index (κ3) is 2.27. The van der Waals surface area contributed by atoms with Crippen LogP contribution in [0.25, 0.3) is 0 Å². The smallest absolute Gasteiger partial charge is 0.123 e. The van der Waals surface area contributed by atoms with E-state index < -0.39 is 0 Å². The lowest BCUT2D eigenvalue weighted by molar-refractivity contribution is 0.762. The maximum atomic E-state index is 9.29. The van der Waals surface area contributed by atoms with Crippen LogP contribution in [-0.4, -0.2) is 4.57 Å². The highest BCUT2D eigenvalue weighted by molar-refractivity contribution is 6.31. The molecule has 2 aromatic rings. The quantitative estimate of drug-likeness (QED) is 0.820. The summed E-state index contributed by atoms with van der Waals surface area (Å²) in [5, 5.41) is 10.0. The molecule has 2 rings (SSSR count). The van der Waals surface area contributed by atoms with Gasteiger partial charge in [-0.1, -0.05) is 36.7 Å². The van der Waals surface area contributed by atoms with Crippen molar-refractivity contribution in [3.63, 3.8) is 0 Å². The van der Waals surface area contributed by atoms with Crippen molar-refractivity contribution in [2.75, 3.05) is 0 Å². The lowest BCUT2D eigenvalue weighted by atomic mass is 10.2. The first-order valence-corrected chi connectivity index (χ1v) is 6.37. The van der Waals surface area contributed by atoms with Crippen molar-refractivity contribution in [3.8, 4) is 6.07 Å². The Morgan fingerprint density at radius 3 is 2.61 bits per heavy atom. The van der Waals surface area contributed by atoms with Crippen LogP contribution in [-0.2, 0) is 13.0 Å². The molecule has 2 nitrogen and oxygen atoms in total. The molecule has 0 atom stereocenters. The molecule has 0 spiro atoms. The minimum atomic E-state index is 0.647. The summed E-state index contributed by atoms with van der Waals surface area (Å²) < 4.78 is 2.03. The first-order chi connectivity index (χ1) is 8.67. The van der Waals surface area contributed by atoms with Crippen molar-refractivity contribution >= 4 is 11.6 Å². The molecule has 0 saturated carbocycles. The second-order valence-electron chi connectivity index (χ2n) is 4.30. The molecule has 1 aromatic carbocycles. The average molecular weight is 259 g/mol. The number of halogens is 1. The Hall–Kier alpha value is -1.72. The predicted octanol–water partition coefficient (Wildman–Crippen LogP) is 3.93. The van der Waals surface area contributed by atoms with Crippen molar-refractivity contribution in [1.29, 1.82) is 5.26 Å². The van der Waals surface area contributed by atoms with Crippen molar-refractivity contribution in [2.24, 2.45) is 0 Å². The molecule has 1 heterocycles. The summed E-state index contributed by atoms with van der Waals surface area (Å²) in [5.41, 5.74) is 3.98. The first kappa shape index (κ1) is 12.7. The molecule has 0 aliphatic rings. The second kappa shape index (κ2) is 5.29. The van der Waals surface area contributed by atoms with Gasteiger partial charge in [0.25, 0.3) is 0 Å². The number of rotatable bonds is 3. The first-order valence-electron chi connectivity index (χ1n) is 5.99. The Morgan fingerprint density at radius 2 is 2.00 bits per heavy atom. The van der Waals surface area contributed by atoms with Crippen LogP contribution in [0.15, 0.2) is 30.3 Å². The van der Waals surface area contributed by atoms with Gasteiger partial charge in [0.1, 0.15) is 11.8 Å². The van der Waals surface area contributed by atoms with E-state index in [1.165, 1.54) is 0 Å². The number of hydrogen-bond donors (Lipinski definition) is 0. The topological polar surface area (TPSA) is 28.7 Å². The molecular formula is C15H15ClN2. The number of hydrogen-bond acceptors (Lipinski definition) is 1. The molecule has 18 heavy (non-hydrogen) atoms. The van der Waals surface area contributed by atoms with Crippen LogP contribution < -0.4 is 0 Å². The largest absolute Gasteiger partial charge is 0.332 e. The highest BCUT2D eigenvalue weighted by atomic mass is 35.5. The number of benzene rings is 1. The molecule has 3 heteroatoms. The molecule has 0 aliphatic heterocycles. The van der Waals surface area contributed by atoms with Gasteiger partial charge in [-0.3, -0.25) is 0 Å². The number of aromatic nitrogens is 1.